The Morgan fingerprint density at radius 1 is 0.103 bits per heavy atom. The molecule has 366 valence electrons. The lowest BCUT2D eigenvalue weighted by Crippen LogP contribution is -1.98. The summed E-state index contributed by atoms with van der Waals surface area (Å²) in [4.78, 5) is 0. The fourth-order valence-corrected chi connectivity index (χ4v) is 11.6. The molecule has 78 heavy (non-hydrogen) atoms. The molecule has 13 rings (SSSR count). The van der Waals surface area contributed by atoms with E-state index in [2.05, 4.69) is 328 Å². The number of hydrogen-bond acceptors (Lipinski definition) is 0. The van der Waals surface area contributed by atoms with Gasteiger partial charge >= 0.3 is 0 Å². The zero-order valence-electron chi connectivity index (χ0n) is 43.2. The van der Waals surface area contributed by atoms with Crippen LogP contribution in [0.1, 0.15) is 0 Å². The Morgan fingerprint density at radius 2 is 0.231 bits per heavy atom. The lowest BCUT2D eigenvalue weighted by atomic mass is 9.79. The van der Waals surface area contributed by atoms with Crippen LogP contribution in [0.2, 0.25) is 0 Å². The predicted molar refractivity (Wildman–Crippen MR) is 332 cm³/mol. The fourth-order valence-electron chi connectivity index (χ4n) is 11.6. The number of benzene rings is 13. The lowest BCUT2D eigenvalue weighted by Gasteiger charge is -2.24. The molecule has 0 amide bonds. The Balaban J connectivity index is 1.19. The van der Waals surface area contributed by atoms with E-state index in [1.807, 2.05) is 0 Å². The van der Waals surface area contributed by atoms with E-state index in [1.54, 1.807) is 0 Å². The van der Waals surface area contributed by atoms with E-state index in [1.165, 1.54) is 83.5 Å². The lowest BCUT2D eigenvalue weighted by molar-refractivity contribution is 1.51. The van der Waals surface area contributed by atoms with Gasteiger partial charge in [-0.2, -0.15) is 0 Å². The largest absolute Gasteiger partial charge is 0.0622 e. The Kier molecular flexibility index (Phi) is 13.2. The Bertz CT molecular complexity index is 3710. The number of rotatable bonds is 12. The maximum atomic E-state index is 2.46. The SMILES string of the molecule is c1ccc(-c2ccc(-c3cc(-c4ccc(-c5ccccc5)c(-c5ccccc5)c4-c4ccccc4)cc(-c4ccc(-c5ccccc5)c(-c5ccccc5)c4-c4ccccc4)c3)c(-c3ccccc3)c2-c2ccccc2)cc1. The maximum Gasteiger partial charge on any atom is -0.00206 e. The summed E-state index contributed by atoms with van der Waals surface area (Å²) >= 11 is 0. The van der Waals surface area contributed by atoms with Crippen LogP contribution >= 0.6 is 0 Å². The molecule has 0 spiro atoms. The van der Waals surface area contributed by atoms with E-state index in [4.69, 9.17) is 0 Å². The van der Waals surface area contributed by atoms with Crippen molar-refractivity contribution in [3.8, 4) is 134 Å². The minimum Gasteiger partial charge on any atom is -0.0622 e. The van der Waals surface area contributed by atoms with Crippen LogP contribution in [0.4, 0.5) is 0 Å². The second-order valence-corrected chi connectivity index (χ2v) is 19.8. The summed E-state index contributed by atoms with van der Waals surface area (Å²) in [6.45, 7) is 0. The first-order valence-corrected chi connectivity index (χ1v) is 26.9. The molecule has 0 aliphatic carbocycles. The van der Waals surface area contributed by atoms with Crippen molar-refractivity contribution in [3.05, 3.63) is 328 Å². The first kappa shape index (κ1) is 47.6. The Labute approximate surface area is 458 Å². The van der Waals surface area contributed by atoms with Gasteiger partial charge in [-0.1, -0.05) is 309 Å². The third-order valence-corrected chi connectivity index (χ3v) is 15.1. The summed E-state index contributed by atoms with van der Waals surface area (Å²) in [6.07, 6.45) is 0. The zero-order chi connectivity index (χ0) is 52.0. The number of hydrogen-bond donors (Lipinski definition) is 0. The van der Waals surface area contributed by atoms with Gasteiger partial charge in [0.15, 0.2) is 0 Å². The second-order valence-electron chi connectivity index (χ2n) is 19.8. The van der Waals surface area contributed by atoms with Crippen LogP contribution in [-0.4, -0.2) is 0 Å². The first-order chi connectivity index (χ1) is 38.7. The van der Waals surface area contributed by atoms with E-state index in [0.29, 0.717) is 0 Å². The summed E-state index contributed by atoms with van der Waals surface area (Å²) in [5, 5.41) is 0. The Morgan fingerprint density at radius 3 is 0.385 bits per heavy atom. The third kappa shape index (κ3) is 9.27. The van der Waals surface area contributed by atoms with Crippen molar-refractivity contribution >= 4 is 0 Å². The van der Waals surface area contributed by atoms with E-state index in [0.717, 1.165) is 50.1 Å². The van der Waals surface area contributed by atoms with Gasteiger partial charge in [-0.05, 0) is 152 Å². The first-order valence-electron chi connectivity index (χ1n) is 26.9. The highest BCUT2D eigenvalue weighted by Crippen LogP contribution is 2.52. The normalized spacial score (nSPS) is 11.1. The van der Waals surface area contributed by atoms with Crippen LogP contribution in [-0.2, 0) is 0 Å². The van der Waals surface area contributed by atoms with Gasteiger partial charge in [0.1, 0.15) is 0 Å². The van der Waals surface area contributed by atoms with Gasteiger partial charge < -0.3 is 0 Å². The molecule has 0 N–H and O–H groups in total. The zero-order valence-corrected chi connectivity index (χ0v) is 43.2. The summed E-state index contributed by atoms with van der Waals surface area (Å²) < 4.78 is 0. The van der Waals surface area contributed by atoms with E-state index >= 15 is 0 Å². The minimum atomic E-state index is 1.12. The highest BCUT2D eigenvalue weighted by molar-refractivity contribution is 6.07. The van der Waals surface area contributed by atoms with Crippen molar-refractivity contribution in [1.29, 1.82) is 0 Å². The van der Waals surface area contributed by atoms with Gasteiger partial charge in [-0.25, -0.2) is 0 Å². The van der Waals surface area contributed by atoms with E-state index in [-0.39, 0.29) is 0 Å². The molecule has 0 aliphatic rings. The summed E-state index contributed by atoms with van der Waals surface area (Å²) in [7, 11) is 0. The molecule has 0 radical (unpaired) electrons. The van der Waals surface area contributed by atoms with E-state index < -0.39 is 0 Å². The highest BCUT2D eigenvalue weighted by Gasteiger charge is 2.25. The van der Waals surface area contributed by atoms with Gasteiger partial charge in [0, 0.05) is 0 Å². The van der Waals surface area contributed by atoms with Gasteiger partial charge in [-0.15, -0.1) is 0 Å². The monoisotopic (exact) mass is 990 g/mol. The van der Waals surface area contributed by atoms with Crippen LogP contribution in [0.25, 0.3) is 134 Å². The minimum absolute atomic E-state index is 1.12. The van der Waals surface area contributed by atoms with Crippen LogP contribution < -0.4 is 0 Å². The standard InChI is InChI=1S/C78H54/c1-10-28-55(29-11-1)67-46-49-70(76(61-40-22-7-23-41-61)73(67)58-34-16-4-17-35-58)64-52-65(71-50-47-68(56-30-12-2-13-31-56)74(59-36-18-5-19-37-59)77(71)62-42-24-8-25-43-62)54-66(53-64)72-51-48-69(57-32-14-3-15-33-57)75(60-38-20-6-21-39-60)78(72)63-44-26-9-27-45-63/h1-54H. The Hall–Kier alpha value is -10.1. The second kappa shape index (κ2) is 21.6. The van der Waals surface area contributed by atoms with Crippen molar-refractivity contribution in [1.82, 2.24) is 0 Å². The highest BCUT2D eigenvalue weighted by atomic mass is 14.3. The summed E-state index contributed by atoms with van der Waals surface area (Å²) in [5.74, 6) is 0. The summed E-state index contributed by atoms with van der Waals surface area (Å²) in [5.41, 5.74) is 28.0. The molecule has 0 fully saturated rings. The third-order valence-electron chi connectivity index (χ3n) is 15.1. The van der Waals surface area contributed by atoms with Gasteiger partial charge in [-0.3, -0.25) is 0 Å². The van der Waals surface area contributed by atoms with Crippen molar-refractivity contribution in [2.45, 2.75) is 0 Å². The molecule has 0 heteroatoms. The molecule has 0 atom stereocenters. The van der Waals surface area contributed by atoms with Crippen molar-refractivity contribution in [2.75, 3.05) is 0 Å². The molecule has 13 aromatic carbocycles. The van der Waals surface area contributed by atoms with Gasteiger partial charge in [0.25, 0.3) is 0 Å². The average molecular weight is 991 g/mol. The maximum absolute atomic E-state index is 2.46. The topological polar surface area (TPSA) is 0 Å². The van der Waals surface area contributed by atoms with Gasteiger partial charge in [0.05, 0.1) is 0 Å². The van der Waals surface area contributed by atoms with Crippen molar-refractivity contribution in [3.63, 3.8) is 0 Å². The molecule has 0 aromatic heterocycles. The van der Waals surface area contributed by atoms with Crippen LogP contribution in [0.15, 0.2) is 328 Å². The average Bonchev–Trinajstić information content (AvgIpc) is 3.62. The molecule has 0 nitrogen and oxygen atoms in total. The van der Waals surface area contributed by atoms with Gasteiger partial charge in [0.2, 0.25) is 0 Å². The molecule has 0 aliphatic heterocycles. The predicted octanol–water partition coefficient (Wildman–Crippen LogP) is 21.7. The fraction of sp³-hybridized carbons (Fsp3) is 0. The van der Waals surface area contributed by atoms with Crippen LogP contribution in [0.5, 0.6) is 0 Å². The van der Waals surface area contributed by atoms with Crippen LogP contribution in [0, 0.1) is 0 Å². The summed E-state index contributed by atoms with van der Waals surface area (Å²) in [6, 6.07) is 120. The molecule has 0 heterocycles. The molecular formula is C78H54. The molecule has 13 aromatic rings. The molecule has 0 bridgehead atoms. The molecule has 0 saturated heterocycles. The smallest absolute Gasteiger partial charge is 0.00206 e. The van der Waals surface area contributed by atoms with Crippen molar-refractivity contribution in [2.24, 2.45) is 0 Å². The molecule has 0 saturated carbocycles. The van der Waals surface area contributed by atoms with E-state index in [9.17, 15) is 0 Å². The van der Waals surface area contributed by atoms with Crippen molar-refractivity contribution < 1.29 is 0 Å². The molecule has 0 unspecified atom stereocenters. The van der Waals surface area contributed by atoms with Crippen LogP contribution in [0.3, 0.4) is 0 Å². The molecular weight excluding hydrogens is 937 g/mol. The quantitative estimate of drug-likeness (QED) is 0.114.